The normalized spacial score (nSPS) is 20.4. The number of hydrogen-bond acceptors (Lipinski definition) is 5. The Morgan fingerprint density at radius 2 is 2.11 bits per heavy atom. The predicted molar refractivity (Wildman–Crippen MR) is 70.1 cm³/mol. The van der Waals surface area contributed by atoms with Crippen molar-refractivity contribution in [3.63, 3.8) is 0 Å². The lowest BCUT2D eigenvalue weighted by Gasteiger charge is -2.23. The van der Waals surface area contributed by atoms with Crippen LogP contribution in [-0.4, -0.2) is 40.9 Å². The highest BCUT2D eigenvalue weighted by molar-refractivity contribution is 7.89. The minimum absolute atomic E-state index is 0.181. The molecule has 1 aliphatic rings. The van der Waals surface area contributed by atoms with Gasteiger partial charge in [-0.25, -0.2) is 13.1 Å². The first kappa shape index (κ1) is 14.4. The van der Waals surface area contributed by atoms with Crippen LogP contribution < -0.4 is 10.5 Å². The summed E-state index contributed by atoms with van der Waals surface area (Å²) in [6, 6.07) is 6.69. The van der Waals surface area contributed by atoms with E-state index in [1.54, 1.807) is 24.3 Å². The SMILES string of the molecule is NCc1ccccc1S(=O)(=O)NCC1COCCO1. The van der Waals surface area contributed by atoms with Gasteiger partial charge >= 0.3 is 0 Å². The van der Waals surface area contributed by atoms with E-state index in [9.17, 15) is 8.42 Å². The molecule has 2 rings (SSSR count). The first-order valence-electron chi connectivity index (χ1n) is 6.10. The molecule has 7 heteroatoms. The van der Waals surface area contributed by atoms with Crippen molar-refractivity contribution in [2.24, 2.45) is 5.73 Å². The molecule has 1 aromatic rings. The molecule has 6 nitrogen and oxygen atoms in total. The zero-order valence-corrected chi connectivity index (χ0v) is 11.4. The highest BCUT2D eigenvalue weighted by Crippen LogP contribution is 2.14. The van der Waals surface area contributed by atoms with Crippen LogP contribution in [0.15, 0.2) is 29.2 Å². The van der Waals surface area contributed by atoms with Crippen LogP contribution in [0.25, 0.3) is 0 Å². The molecule has 1 unspecified atom stereocenters. The molecule has 1 aromatic carbocycles. The van der Waals surface area contributed by atoms with Crippen molar-refractivity contribution in [2.75, 3.05) is 26.4 Å². The Morgan fingerprint density at radius 3 is 2.79 bits per heavy atom. The van der Waals surface area contributed by atoms with E-state index in [2.05, 4.69) is 4.72 Å². The number of hydrogen-bond donors (Lipinski definition) is 2. The second-order valence-electron chi connectivity index (χ2n) is 4.23. The van der Waals surface area contributed by atoms with Gasteiger partial charge in [0.1, 0.15) is 0 Å². The summed E-state index contributed by atoms with van der Waals surface area (Å²) < 4.78 is 37.5. The standard InChI is InChI=1S/C12H18N2O4S/c13-7-10-3-1-2-4-12(10)19(15,16)14-8-11-9-17-5-6-18-11/h1-4,11,14H,5-9,13H2. The van der Waals surface area contributed by atoms with Gasteiger partial charge < -0.3 is 15.2 Å². The van der Waals surface area contributed by atoms with Gasteiger partial charge in [0.2, 0.25) is 10.0 Å². The van der Waals surface area contributed by atoms with Crippen LogP contribution in [0.5, 0.6) is 0 Å². The molecule has 19 heavy (non-hydrogen) atoms. The molecule has 0 saturated carbocycles. The summed E-state index contributed by atoms with van der Waals surface area (Å²) in [5.74, 6) is 0. The lowest BCUT2D eigenvalue weighted by molar-refractivity contribution is -0.0846. The summed E-state index contributed by atoms with van der Waals surface area (Å²) in [4.78, 5) is 0.217. The third-order valence-electron chi connectivity index (χ3n) is 2.87. The molecule has 0 spiro atoms. The number of sulfonamides is 1. The fourth-order valence-electron chi connectivity index (χ4n) is 1.87. The maximum absolute atomic E-state index is 12.2. The molecule has 1 aliphatic heterocycles. The van der Waals surface area contributed by atoms with Gasteiger partial charge in [0.05, 0.1) is 30.8 Å². The molecule has 0 bridgehead atoms. The molecule has 0 aliphatic carbocycles. The Labute approximate surface area is 112 Å². The van der Waals surface area contributed by atoms with Gasteiger partial charge in [0.15, 0.2) is 0 Å². The topological polar surface area (TPSA) is 90.7 Å². The zero-order valence-electron chi connectivity index (χ0n) is 10.5. The Kier molecular flexibility index (Phi) is 4.89. The molecule has 1 fully saturated rings. The molecule has 106 valence electrons. The molecular weight excluding hydrogens is 268 g/mol. The van der Waals surface area contributed by atoms with Crippen molar-refractivity contribution in [1.29, 1.82) is 0 Å². The van der Waals surface area contributed by atoms with E-state index in [1.807, 2.05) is 0 Å². The number of nitrogens with two attached hydrogens (primary N) is 1. The molecule has 3 N–H and O–H groups in total. The first-order chi connectivity index (χ1) is 9.13. The largest absolute Gasteiger partial charge is 0.376 e. The van der Waals surface area contributed by atoms with Crippen molar-refractivity contribution in [1.82, 2.24) is 4.72 Å². The summed E-state index contributed by atoms with van der Waals surface area (Å²) in [5, 5.41) is 0. The third-order valence-corrected chi connectivity index (χ3v) is 4.39. The van der Waals surface area contributed by atoms with Crippen molar-refractivity contribution < 1.29 is 17.9 Å². The van der Waals surface area contributed by atoms with Crippen LogP contribution in [0.1, 0.15) is 5.56 Å². The lowest BCUT2D eigenvalue weighted by atomic mass is 10.2. The summed E-state index contributed by atoms with van der Waals surface area (Å²) >= 11 is 0. The smallest absolute Gasteiger partial charge is 0.240 e. The van der Waals surface area contributed by atoms with Crippen LogP contribution in [0.4, 0.5) is 0 Å². The molecule has 0 amide bonds. The molecular formula is C12H18N2O4S. The van der Waals surface area contributed by atoms with Crippen LogP contribution in [0.3, 0.4) is 0 Å². The average Bonchev–Trinajstić information content (AvgIpc) is 2.46. The number of rotatable bonds is 5. The average molecular weight is 286 g/mol. The Morgan fingerprint density at radius 1 is 1.32 bits per heavy atom. The van der Waals surface area contributed by atoms with Gasteiger partial charge in [-0.05, 0) is 11.6 Å². The Balaban J connectivity index is 2.05. The molecule has 0 aromatic heterocycles. The van der Waals surface area contributed by atoms with Crippen molar-refractivity contribution in [2.45, 2.75) is 17.5 Å². The summed E-state index contributed by atoms with van der Waals surface area (Å²) in [6.45, 7) is 1.83. The number of ether oxygens (including phenoxy) is 2. The zero-order chi connectivity index (χ0) is 13.7. The quantitative estimate of drug-likeness (QED) is 0.785. The third kappa shape index (κ3) is 3.74. The van der Waals surface area contributed by atoms with E-state index in [1.165, 1.54) is 0 Å². The maximum Gasteiger partial charge on any atom is 0.240 e. The highest BCUT2D eigenvalue weighted by Gasteiger charge is 2.21. The van der Waals surface area contributed by atoms with Crippen LogP contribution >= 0.6 is 0 Å². The highest BCUT2D eigenvalue weighted by atomic mass is 32.2. The monoisotopic (exact) mass is 286 g/mol. The van der Waals surface area contributed by atoms with Crippen molar-refractivity contribution >= 4 is 10.0 Å². The molecule has 1 saturated heterocycles. The second kappa shape index (κ2) is 6.44. The summed E-state index contributed by atoms with van der Waals surface area (Å²) in [5.41, 5.74) is 6.14. The number of nitrogens with one attached hydrogen (secondary N) is 1. The van der Waals surface area contributed by atoms with Gasteiger partial charge in [0.25, 0.3) is 0 Å². The van der Waals surface area contributed by atoms with E-state index in [4.69, 9.17) is 15.2 Å². The van der Waals surface area contributed by atoms with E-state index >= 15 is 0 Å². The van der Waals surface area contributed by atoms with Crippen molar-refractivity contribution in [3.05, 3.63) is 29.8 Å². The van der Waals surface area contributed by atoms with E-state index in [0.717, 1.165) is 0 Å². The minimum atomic E-state index is -3.57. The fraction of sp³-hybridized carbons (Fsp3) is 0.500. The van der Waals surface area contributed by atoms with Gasteiger partial charge in [0, 0.05) is 13.1 Å². The van der Waals surface area contributed by atoms with Gasteiger partial charge in [-0.2, -0.15) is 0 Å². The molecule has 1 heterocycles. The van der Waals surface area contributed by atoms with Crippen molar-refractivity contribution in [3.8, 4) is 0 Å². The maximum atomic E-state index is 12.2. The fourth-order valence-corrected chi connectivity index (χ4v) is 3.18. The van der Waals surface area contributed by atoms with Crippen LogP contribution in [-0.2, 0) is 26.0 Å². The first-order valence-corrected chi connectivity index (χ1v) is 7.59. The second-order valence-corrected chi connectivity index (χ2v) is 5.97. The summed E-state index contributed by atoms with van der Waals surface area (Å²) in [6.07, 6.45) is -0.242. The lowest BCUT2D eigenvalue weighted by Crippen LogP contribution is -2.39. The predicted octanol–water partition coefficient (Wildman–Crippen LogP) is -0.161. The molecule has 1 atom stereocenters. The Hall–Kier alpha value is -0.990. The molecule has 0 radical (unpaired) electrons. The number of benzene rings is 1. The van der Waals surface area contributed by atoms with E-state index < -0.39 is 10.0 Å². The Bertz CT molecular complexity index is 512. The van der Waals surface area contributed by atoms with Gasteiger partial charge in [-0.1, -0.05) is 18.2 Å². The van der Waals surface area contributed by atoms with Crippen LogP contribution in [0, 0.1) is 0 Å². The summed E-state index contributed by atoms with van der Waals surface area (Å²) in [7, 11) is -3.57. The van der Waals surface area contributed by atoms with E-state index in [0.29, 0.717) is 25.4 Å². The van der Waals surface area contributed by atoms with Gasteiger partial charge in [-0.15, -0.1) is 0 Å². The van der Waals surface area contributed by atoms with Gasteiger partial charge in [-0.3, -0.25) is 0 Å². The minimum Gasteiger partial charge on any atom is -0.376 e. The van der Waals surface area contributed by atoms with Crippen LogP contribution in [0.2, 0.25) is 0 Å². The van der Waals surface area contributed by atoms with E-state index in [-0.39, 0.29) is 24.1 Å².